The van der Waals surface area contributed by atoms with E-state index in [-0.39, 0.29) is 17.9 Å². The van der Waals surface area contributed by atoms with Crippen LogP contribution >= 0.6 is 0 Å². The molecule has 1 aromatic carbocycles. The number of benzene rings is 1. The van der Waals surface area contributed by atoms with Gasteiger partial charge in [-0.3, -0.25) is 0 Å². The molecule has 0 bridgehead atoms. The second-order valence-electron chi connectivity index (χ2n) is 5.23. The Hall–Kier alpha value is -1.03. The van der Waals surface area contributed by atoms with Crippen molar-refractivity contribution in [1.29, 1.82) is 0 Å². The zero-order valence-corrected chi connectivity index (χ0v) is 10.3. The van der Waals surface area contributed by atoms with E-state index in [2.05, 4.69) is 0 Å². The molecule has 0 aliphatic heterocycles. The van der Waals surface area contributed by atoms with Gasteiger partial charge in [0.25, 0.3) is 0 Å². The number of alkyl halides is 3. The third-order valence-electron chi connectivity index (χ3n) is 3.98. The van der Waals surface area contributed by atoms with Gasteiger partial charge in [-0.1, -0.05) is 31.5 Å². The maximum atomic E-state index is 12.9. The highest BCUT2D eigenvalue weighted by Crippen LogP contribution is 2.40. The molecule has 1 fully saturated rings. The molecule has 2 unspecified atom stereocenters. The lowest BCUT2D eigenvalue weighted by Gasteiger charge is -2.29. The van der Waals surface area contributed by atoms with Crippen LogP contribution in [0.15, 0.2) is 24.3 Å². The Kier molecular flexibility index (Phi) is 3.41. The molecule has 1 aliphatic carbocycles. The number of aliphatic hydroxyl groups is 1. The maximum absolute atomic E-state index is 12.9. The summed E-state index contributed by atoms with van der Waals surface area (Å²) in [5.74, 6) is 0.0544. The fraction of sp³-hybridized carbons (Fsp3) is 0.571. The molecule has 1 N–H and O–H groups in total. The van der Waals surface area contributed by atoms with E-state index in [4.69, 9.17) is 0 Å². The van der Waals surface area contributed by atoms with Gasteiger partial charge in [-0.05, 0) is 30.4 Å². The molecule has 0 amide bonds. The monoisotopic (exact) mass is 258 g/mol. The van der Waals surface area contributed by atoms with Crippen LogP contribution in [0.2, 0.25) is 0 Å². The first kappa shape index (κ1) is 13.4. The Labute approximate surface area is 105 Å². The van der Waals surface area contributed by atoms with Gasteiger partial charge < -0.3 is 5.11 Å². The minimum Gasteiger partial charge on any atom is -0.389 e. The molecule has 1 aromatic rings. The predicted octanol–water partition coefficient (Wildman–Crippen LogP) is 3.80. The summed E-state index contributed by atoms with van der Waals surface area (Å²) in [5.41, 5.74) is -1.42. The van der Waals surface area contributed by atoms with Crippen LogP contribution in [0.5, 0.6) is 0 Å². The third kappa shape index (κ3) is 2.53. The van der Waals surface area contributed by atoms with E-state index in [1.807, 2.05) is 6.92 Å². The van der Waals surface area contributed by atoms with Crippen LogP contribution in [-0.2, 0) is 12.6 Å². The summed E-state index contributed by atoms with van der Waals surface area (Å²) < 4.78 is 38.6. The number of hydrogen-bond acceptors (Lipinski definition) is 1. The van der Waals surface area contributed by atoms with Crippen molar-refractivity contribution in [3.63, 3.8) is 0 Å². The zero-order valence-electron chi connectivity index (χ0n) is 10.3. The molecule has 0 aromatic heterocycles. The molecule has 1 aliphatic rings. The van der Waals surface area contributed by atoms with Gasteiger partial charge >= 0.3 is 6.18 Å². The van der Waals surface area contributed by atoms with Crippen molar-refractivity contribution >= 4 is 0 Å². The molecule has 0 radical (unpaired) electrons. The normalized spacial score (nSPS) is 28.6. The molecule has 18 heavy (non-hydrogen) atoms. The van der Waals surface area contributed by atoms with Gasteiger partial charge in [-0.2, -0.15) is 13.2 Å². The van der Waals surface area contributed by atoms with Gasteiger partial charge in [0, 0.05) is 6.42 Å². The van der Waals surface area contributed by atoms with Crippen LogP contribution in [0.25, 0.3) is 0 Å². The minimum atomic E-state index is -4.35. The molecule has 2 atom stereocenters. The molecule has 4 heteroatoms. The first-order valence-corrected chi connectivity index (χ1v) is 6.20. The Balaban J connectivity index is 2.30. The van der Waals surface area contributed by atoms with E-state index < -0.39 is 17.3 Å². The Morgan fingerprint density at radius 3 is 2.56 bits per heavy atom. The highest BCUT2D eigenvalue weighted by Gasteiger charge is 2.41. The lowest BCUT2D eigenvalue weighted by atomic mass is 9.84. The van der Waals surface area contributed by atoms with Crippen LogP contribution in [0.4, 0.5) is 13.2 Å². The average Bonchev–Trinajstić information content (AvgIpc) is 2.58. The van der Waals surface area contributed by atoms with Crippen LogP contribution < -0.4 is 0 Å². The van der Waals surface area contributed by atoms with Crippen LogP contribution in [0.1, 0.15) is 37.3 Å². The van der Waals surface area contributed by atoms with Crippen molar-refractivity contribution in [2.75, 3.05) is 0 Å². The molecular formula is C14H17F3O. The standard InChI is InChI=1S/C14H17F3O/c1-10-5-4-8-13(10,18)9-11-6-2-3-7-12(11)14(15,16)17/h2-3,6-7,10,18H,4-5,8-9H2,1H3. The summed E-state index contributed by atoms with van der Waals surface area (Å²) in [7, 11) is 0. The van der Waals surface area contributed by atoms with Crippen molar-refractivity contribution in [2.24, 2.45) is 5.92 Å². The molecule has 0 spiro atoms. The third-order valence-corrected chi connectivity index (χ3v) is 3.98. The second kappa shape index (κ2) is 4.57. The molecule has 0 heterocycles. The van der Waals surface area contributed by atoms with Gasteiger partial charge in [0.05, 0.1) is 11.2 Å². The number of hydrogen-bond donors (Lipinski definition) is 1. The second-order valence-corrected chi connectivity index (χ2v) is 5.23. The van der Waals surface area contributed by atoms with Gasteiger partial charge in [0.15, 0.2) is 0 Å². The van der Waals surface area contributed by atoms with E-state index in [1.165, 1.54) is 12.1 Å². The van der Waals surface area contributed by atoms with Crippen molar-refractivity contribution in [1.82, 2.24) is 0 Å². The Morgan fingerprint density at radius 2 is 2.00 bits per heavy atom. The summed E-state index contributed by atoms with van der Waals surface area (Å²) in [6.07, 6.45) is -1.92. The van der Waals surface area contributed by atoms with E-state index in [0.717, 1.165) is 18.9 Å². The molecule has 0 saturated heterocycles. The molecule has 100 valence electrons. The summed E-state index contributed by atoms with van der Waals surface area (Å²) in [6.45, 7) is 1.91. The zero-order chi connectivity index (χ0) is 13.4. The largest absolute Gasteiger partial charge is 0.416 e. The van der Waals surface area contributed by atoms with Gasteiger partial charge in [0.2, 0.25) is 0 Å². The van der Waals surface area contributed by atoms with Crippen molar-refractivity contribution in [3.8, 4) is 0 Å². The van der Waals surface area contributed by atoms with Gasteiger partial charge in [-0.15, -0.1) is 0 Å². The highest BCUT2D eigenvalue weighted by atomic mass is 19.4. The summed E-state index contributed by atoms with van der Waals surface area (Å²) >= 11 is 0. The molecule has 1 saturated carbocycles. The van der Waals surface area contributed by atoms with E-state index in [1.54, 1.807) is 6.07 Å². The summed E-state index contributed by atoms with van der Waals surface area (Å²) in [5, 5.41) is 10.4. The SMILES string of the molecule is CC1CCCC1(O)Cc1ccccc1C(F)(F)F. The van der Waals surface area contributed by atoms with E-state index in [0.29, 0.717) is 6.42 Å². The number of rotatable bonds is 2. The van der Waals surface area contributed by atoms with Gasteiger partial charge in [0.1, 0.15) is 0 Å². The Bertz CT molecular complexity index is 427. The highest BCUT2D eigenvalue weighted by molar-refractivity contribution is 5.31. The molecule has 2 rings (SSSR count). The fourth-order valence-electron chi connectivity index (χ4n) is 2.77. The first-order valence-electron chi connectivity index (χ1n) is 6.20. The fourth-order valence-corrected chi connectivity index (χ4v) is 2.77. The topological polar surface area (TPSA) is 20.2 Å². The van der Waals surface area contributed by atoms with Crippen LogP contribution in [0.3, 0.4) is 0 Å². The minimum absolute atomic E-state index is 0.0544. The maximum Gasteiger partial charge on any atom is 0.416 e. The van der Waals surface area contributed by atoms with Crippen molar-refractivity contribution in [3.05, 3.63) is 35.4 Å². The van der Waals surface area contributed by atoms with Gasteiger partial charge in [-0.25, -0.2) is 0 Å². The smallest absolute Gasteiger partial charge is 0.389 e. The molecular weight excluding hydrogens is 241 g/mol. The quantitative estimate of drug-likeness (QED) is 0.855. The van der Waals surface area contributed by atoms with Crippen molar-refractivity contribution < 1.29 is 18.3 Å². The summed E-state index contributed by atoms with van der Waals surface area (Å²) in [4.78, 5) is 0. The van der Waals surface area contributed by atoms with E-state index in [9.17, 15) is 18.3 Å². The van der Waals surface area contributed by atoms with Crippen molar-refractivity contribution in [2.45, 2.75) is 44.4 Å². The van der Waals surface area contributed by atoms with Crippen LogP contribution in [0, 0.1) is 5.92 Å². The number of halogens is 3. The average molecular weight is 258 g/mol. The summed E-state index contributed by atoms with van der Waals surface area (Å²) in [6, 6.07) is 5.52. The predicted molar refractivity (Wildman–Crippen MR) is 63.1 cm³/mol. The lowest BCUT2D eigenvalue weighted by molar-refractivity contribution is -0.138. The van der Waals surface area contributed by atoms with Crippen LogP contribution in [-0.4, -0.2) is 10.7 Å². The lowest BCUT2D eigenvalue weighted by Crippen LogP contribution is -2.34. The van der Waals surface area contributed by atoms with E-state index >= 15 is 0 Å². The molecule has 1 nitrogen and oxygen atoms in total. The Morgan fingerprint density at radius 1 is 1.33 bits per heavy atom. The first-order chi connectivity index (χ1) is 8.33.